The number of halogens is 1. The molecule has 2 aromatic carbocycles. The van der Waals surface area contributed by atoms with Crippen LogP contribution >= 0.6 is 0 Å². The van der Waals surface area contributed by atoms with Crippen molar-refractivity contribution in [2.45, 2.75) is 19.9 Å². The third-order valence-corrected chi connectivity index (χ3v) is 5.45. The standard InChI is InChI=1S/C24H29FN4O/c1-19-3-9-23(10-4-19)29-18-21(24(27-29)20-5-7-22(25)8-6-20)17-26-11-2-12-28-13-15-30-16-14-28/h3-10,18,26H,2,11-17H2,1H3. The minimum absolute atomic E-state index is 0.237. The van der Waals surface area contributed by atoms with Crippen LogP contribution in [-0.2, 0) is 11.3 Å². The van der Waals surface area contributed by atoms with Crippen molar-refractivity contribution in [1.29, 1.82) is 0 Å². The number of aromatic nitrogens is 2. The fraction of sp³-hybridized carbons (Fsp3) is 0.375. The van der Waals surface area contributed by atoms with Crippen LogP contribution in [0, 0.1) is 12.7 Å². The van der Waals surface area contributed by atoms with Gasteiger partial charge < -0.3 is 10.1 Å². The molecule has 4 rings (SSSR count). The average molecular weight is 409 g/mol. The first-order chi connectivity index (χ1) is 14.7. The Morgan fingerprint density at radius 1 is 1.03 bits per heavy atom. The van der Waals surface area contributed by atoms with E-state index in [0.29, 0.717) is 0 Å². The number of aryl methyl sites for hydroxylation is 1. The molecule has 0 radical (unpaired) electrons. The van der Waals surface area contributed by atoms with Gasteiger partial charge in [0, 0.05) is 37.0 Å². The van der Waals surface area contributed by atoms with E-state index in [9.17, 15) is 4.39 Å². The molecule has 1 aliphatic rings. The highest BCUT2D eigenvalue weighted by Gasteiger charge is 2.13. The fourth-order valence-corrected chi connectivity index (χ4v) is 3.70. The van der Waals surface area contributed by atoms with Gasteiger partial charge >= 0.3 is 0 Å². The molecule has 0 amide bonds. The van der Waals surface area contributed by atoms with Crippen LogP contribution in [-0.4, -0.2) is 54.1 Å². The molecule has 30 heavy (non-hydrogen) atoms. The lowest BCUT2D eigenvalue weighted by Gasteiger charge is -2.26. The van der Waals surface area contributed by atoms with E-state index < -0.39 is 0 Å². The summed E-state index contributed by atoms with van der Waals surface area (Å²) in [6.07, 6.45) is 3.16. The summed E-state index contributed by atoms with van der Waals surface area (Å²) in [6.45, 7) is 8.56. The highest BCUT2D eigenvalue weighted by Crippen LogP contribution is 2.24. The number of nitrogens with one attached hydrogen (secondary N) is 1. The predicted octanol–water partition coefficient (Wildman–Crippen LogP) is 3.80. The maximum absolute atomic E-state index is 13.4. The fourth-order valence-electron chi connectivity index (χ4n) is 3.70. The largest absolute Gasteiger partial charge is 0.379 e. The smallest absolute Gasteiger partial charge is 0.123 e. The molecule has 0 aliphatic carbocycles. The van der Waals surface area contributed by atoms with Crippen molar-refractivity contribution in [3.05, 3.63) is 71.7 Å². The molecule has 0 bridgehead atoms. The van der Waals surface area contributed by atoms with Crippen LogP contribution < -0.4 is 5.32 Å². The van der Waals surface area contributed by atoms with Crippen LogP contribution in [0.4, 0.5) is 4.39 Å². The van der Waals surface area contributed by atoms with Gasteiger partial charge in [0.25, 0.3) is 0 Å². The maximum atomic E-state index is 13.4. The van der Waals surface area contributed by atoms with Crippen LogP contribution in [0.2, 0.25) is 0 Å². The second-order valence-electron chi connectivity index (χ2n) is 7.77. The zero-order valence-electron chi connectivity index (χ0n) is 17.5. The monoisotopic (exact) mass is 408 g/mol. The van der Waals surface area contributed by atoms with Gasteiger partial charge in [-0.25, -0.2) is 9.07 Å². The van der Waals surface area contributed by atoms with Crippen LogP contribution in [0.15, 0.2) is 54.7 Å². The Bertz CT molecular complexity index is 931. The number of morpholine rings is 1. The van der Waals surface area contributed by atoms with Crippen molar-refractivity contribution < 1.29 is 9.13 Å². The van der Waals surface area contributed by atoms with E-state index in [4.69, 9.17) is 9.84 Å². The van der Waals surface area contributed by atoms with Crippen LogP contribution in [0.5, 0.6) is 0 Å². The Labute approximate surface area is 177 Å². The Balaban J connectivity index is 1.44. The van der Waals surface area contributed by atoms with Crippen molar-refractivity contribution in [3.8, 4) is 16.9 Å². The number of benzene rings is 2. The molecule has 1 saturated heterocycles. The van der Waals surface area contributed by atoms with Gasteiger partial charge in [-0.1, -0.05) is 17.7 Å². The summed E-state index contributed by atoms with van der Waals surface area (Å²) in [5, 5.41) is 8.37. The van der Waals surface area contributed by atoms with E-state index in [1.807, 2.05) is 4.68 Å². The summed E-state index contributed by atoms with van der Waals surface area (Å²) in [5.41, 5.74) is 5.14. The summed E-state index contributed by atoms with van der Waals surface area (Å²) in [4.78, 5) is 2.45. The van der Waals surface area contributed by atoms with Gasteiger partial charge in [-0.2, -0.15) is 5.10 Å². The lowest BCUT2D eigenvalue weighted by molar-refractivity contribution is 0.0374. The first kappa shape index (κ1) is 20.7. The maximum Gasteiger partial charge on any atom is 0.123 e. The third-order valence-electron chi connectivity index (χ3n) is 5.45. The average Bonchev–Trinajstić information content (AvgIpc) is 3.19. The van der Waals surface area contributed by atoms with Gasteiger partial charge in [-0.15, -0.1) is 0 Å². The molecule has 1 fully saturated rings. The number of rotatable bonds is 8. The Morgan fingerprint density at radius 2 is 1.77 bits per heavy atom. The van der Waals surface area contributed by atoms with Gasteiger partial charge in [0.05, 0.1) is 24.6 Å². The molecule has 2 heterocycles. The summed E-state index contributed by atoms with van der Waals surface area (Å²) in [7, 11) is 0. The topological polar surface area (TPSA) is 42.3 Å². The number of ether oxygens (including phenoxy) is 1. The molecule has 5 nitrogen and oxygen atoms in total. The number of nitrogens with zero attached hydrogens (tertiary/aromatic N) is 3. The lowest BCUT2D eigenvalue weighted by Crippen LogP contribution is -2.37. The first-order valence-corrected chi connectivity index (χ1v) is 10.6. The normalized spacial score (nSPS) is 14.9. The van der Waals surface area contributed by atoms with E-state index in [2.05, 4.69) is 47.6 Å². The minimum atomic E-state index is -0.237. The molecule has 1 aromatic heterocycles. The molecule has 0 saturated carbocycles. The highest BCUT2D eigenvalue weighted by molar-refractivity contribution is 5.63. The van der Waals surface area contributed by atoms with Gasteiger partial charge in [0.1, 0.15) is 5.82 Å². The molecule has 6 heteroatoms. The SMILES string of the molecule is Cc1ccc(-n2cc(CNCCCN3CCOCC3)c(-c3ccc(F)cc3)n2)cc1. The zero-order chi connectivity index (χ0) is 20.8. The molecule has 158 valence electrons. The predicted molar refractivity (Wildman–Crippen MR) is 117 cm³/mol. The van der Waals surface area contributed by atoms with Crippen LogP contribution in [0.1, 0.15) is 17.5 Å². The molecule has 1 N–H and O–H groups in total. The van der Waals surface area contributed by atoms with E-state index in [-0.39, 0.29) is 5.82 Å². The summed E-state index contributed by atoms with van der Waals surface area (Å²) >= 11 is 0. The lowest BCUT2D eigenvalue weighted by atomic mass is 10.1. The van der Waals surface area contributed by atoms with Gasteiger partial charge in [0.15, 0.2) is 0 Å². The summed E-state index contributed by atoms with van der Waals surface area (Å²) in [5.74, 6) is -0.237. The molecular weight excluding hydrogens is 379 g/mol. The number of hydrogen-bond donors (Lipinski definition) is 1. The second kappa shape index (κ2) is 9.98. The van der Waals surface area contributed by atoms with Crippen molar-refractivity contribution in [3.63, 3.8) is 0 Å². The molecule has 0 spiro atoms. The second-order valence-corrected chi connectivity index (χ2v) is 7.77. The highest BCUT2D eigenvalue weighted by atomic mass is 19.1. The summed E-state index contributed by atoms with van der Waals surface area (Å²) in [6, 6.07) is 14.8. The first-order valence-electron chi connectivity index (χ1n) is 10.6. The van der Waals surface area contributed by atoms with Gasteiger partial charge in [-0.3, -0.25) is 4.90 Å². The molecule has 1 aliphatic heterocycles. The van der Waals surface area contributed by atoms with Gasteiger partial charge in [-0.05, 0) is 62.8 Å². The van der Waals surface area contributed by atoms with Crippen molar-refractivity contribution in [2.24, 2.45) is 0 Å². The van der Waals surface area contributed by atoms with Gasteiger partial charge in [0.2, 0.25) is 0 Å². The Hall–Kier alpha value is -2.54. The van der Waals surface area contributed by atoms with E-state index >= 15 is 0 Å². The zero-order valence-corrected chi connectivity index (χ0v) is 17.5. The van der Waals surface area contributed by atoms with Crippen LogP contribution in [0.25, 0.3) is 16.9 Å². The molecule has 0 unspecified atom stereocenters. The molecule has 0 atom stereocenters. The Kier molecular flexibility index (Phi) is 6.89. The van der Waals surface area contributed by atoms with Crippen molar-refractivity contribution >= 4 is 0 Å². The third kappa shape index (κ3) is 5.33. The number of hydrogen-bond acceptors (Lipinski definition) is 4. The summed E-state index contributed by atoms with van der Waals surface area (Å²) < 4.78 is 20.7. The van der Waals surface area contributed by atoms with E-state index in [1.165, 1.54) is 17.7 Å². The van der Waals surface area contributed by atoms with E-state index in [1.54, 1.807) is 12.1 Å². The molecule has 3 aromatic rings. The van der Waals surface area contributed by atoms with E-state index in [0.717, 1.165) is 74.9 Å². The Morgan fingerprint density at radius 3 is 2.50 bits per heavy atom. The van der Waals surface area contributed by atoms with Crippen LogP contribution in [0.3, 0.4) is 0 Å². The van der Waals surface area contributed by atoms with Crippen molar-refractivity contribution in [1.82, 2.24) is 20.0 Å². The minimum Gasteiger partial charge on any atom is -0.379 e. The van der Waals surface area contributed by atoms with Crippen molar-refractivity contribution in [2.75, 3.05) is 39.4 Å². The quantitative estimate of drug-likeness (QED) is 0.576. The molecular formula is C24H29FN4O.